The monoisotopic (exact) mass is 341 g/mol. The van der Waals surface area contributed by atoms with Crippen LogP contribution >= 0.6 is 0 Å². The number of ether oxygens (including phenoxy) is 1. The van der Waals surface area contributed by atoms with Crippen LogP contribution in [-0.2, 0) is 6.54 Å². The number of rotatable bonds is 8. The van der Waals surface area contributed by atoms with Crippen LogP contribution in [0.4, 0.5) is 0 Å². The van der Waals surface area contributed by atoms with E-state index in [1.807, 2.05) is 31.2 Å². The molecule has 1 unspecified atom stereocenters. The summed E-state index contributed by atoms with van der Waals surface area (Å²) in [6.07, 6.45) is -0.521. The van der Waals surface area contributed by atoms with Gasteiger partial charge in [0.25, 0.3) is 0 Å². The van der Waals surface area contributed by atoms with Crippen molar-refractivity contribution in [2.45, 2.75) is 53.3 Å². The second-order valence-electron chi connectivity index (χ2n) is 7.18. The Hall–Kier alpha value is -1.84. The summed E-state index contributed by atoms with van der Waals surface area (Å²) in [7, 11) is 0. The van der Waals surface area contributed by atoms with Crippen molar-refractivity contribution < 1.29 is 9.84 Å². The van der Waals surface area contributed by atoms with E-state index in [9.17, 15) is 5.11 Å². The lowest BCUT2D eigenvalue weighted by molar-refractivity contribution is 0.0540. The van der Waals surface area contributed by atoms with Gasteiger partial charge in [-0.2, -0.15) is 0 Å². The zero-order valence-electron chi connectivity index (χ0n) is 16.1. The SMILES string of the molecule is Cc1ccc(C)c(CN(CC(O)COc2ccccc2C)C(C)C)c1. The van der Waals surface area contributed by atoms with Crippen LogP contribution in [-0.4, -0.2) is 35.3 Å². The molecule has 0 aliphatic rings. The third-order valence-electron chi connectivity index (χ3n) is 4.58. The fourth-order valence-corrected chi connectivity index (χ4v) is 2.88. The molecule has 2 rings (SSSR count). The number of nitrogens with zero attached hydrogens (tertiary/aromatic N) is 1. The molecule has 25 heavy (non-hydrogen) atoms. The highest BCUT2D eigenvalue weighted by molar-refractivity contribution is 5.32. The molecule has 0 fully saturated rings. The minimum Gasteiger partial charge on any atom is -0.491 e. The Morgan fingerprint density at radius 3 is 2.40 bits per heavy atom. The zero-order chi connectivity index (χ0) is 18.4. The molecule has 0 aliphatic carbocycles. The number of benzene rings is 2. The van der Waals surface area contributed by atoms with E-state index in [1.54, 1.807) is 0 Å². The van der Waals surface area contributed by atoms with Crippen molar-refractivity contribution in [3.63, 3.8) is 0 Å². The first-order valence-electron chi connectivity index (χ1n) is 9.03. The lowest BCUT2D eigenvalue weighted by Gasteiger charge is -2.29. The van der Waals surface area contributed by atoms with Crippen LogP contribution in [0.15, 0.2) is 42.5 Å². The van der Waals surface area contributed by atoms with Crippen LogP contribution < -0.4 is 4.74 Å². The molecule has 0 amide bonds. The Balaban J connectivity index is 1.96. The molecule has 1 N–H and O–H groups in total. The predicted octanol–water partition coefficient (Wildman–Crippen LogP) is 4.26. The van der Waals surface area contributed by atoms with Gasteiger partial charge >= 0.3 is 0 Å². The Labute approximate surface area is 152 Å². The molecule has 0 aliphatic heterocycles. The van der Waals surface area contributed by atoms with Crippen molar-refractivity contribution in [3.8, 4) is 5.75 Å². The van der Waals surface area contributed by atoms with Crippen molar-refractivity contribution in [2.75, 3.05) is 13.2 Å². The molecular formula is C22H31NO2. The second kappa shape index (κ2) is 9.02. The highest BCUT2D eigenvalue weighted by Gasteiger charge is 2.17. The maximum Gasteiger partial charge on any atom is 0.122 e. The summed E-state index contributed by atoms with van der Waals surface area (Å²) in [6.45, 7) is 12.4. The van der Waals surface area contributed by atoms with Crippen molar-refractivity contribution in [2.24, 2.45) is 0 Å². The van der Waals surface area contributed by atoms with E-state index in [1.165, 1.54) is 16.7 Å². The van der Waals surface area contributed by atoms with Gasteiger partial charge in [0.1, 0.15) is 18.5 Å². The van der Waals surface area contributed by atoms with Crippen molar-refractivity contribution in [3.05, 3.63) is 64.7 Å². The first-order chi connectivity index (χ1) is 11.9. The fourth-order valence-electron chi connectivity index (χ4n) is 2.88. The van der Waals surface area contributed by atoms with E-state index in [0.717, 1.165) is 17.9 Å². The average molecular weight is 341 g/mol. The van der Waals surface area contributed by atoms with E-state index in [-0.39, 0.29) is 0 Å². The summed E-state index contributed by atoms with van der Waals surface area (Å²) in [5, 5.41) is 10.5. The van der Waals surface area contributed by atoms with Crippen LogP contribution in [0.25, 0.3) is 0 Å². The van der Waals surface area contributed by atoms with Gasteiger partial charge in [0.15, 0.2) is 0 Å². The van der Waals surface area contributed by atoms with Gasteiger partial charge in [-0.3, -0.25) is 4.90 Å². The molecule has 0 bridgehead atoms. The molecule has 0 radical (unpaired) electrons. The summed E-state index contributed by atoms with van der Waals surface area (Å²) in [5.74, 6) is 0.840. The standard InChI is InChI=1S/C22H31NO2/c1-16(2)23(13-20-12-17(3)10-11-18(20)4)14-21(24)15-25-22-9-7-6-8-19(22)5/h6-12,16,21,24H,13-15H2,1-5H3. The molecule has 3 heteroatoms. The smallest absolute Gasteiger partial charge is 0.122 e. The van der Waals surface area contributed by atoms with Crippen molar-refractivity contribution in [1.29, 1.82) is 0 Å². The van der Waals surface area contributed by atoms with Crippen LogP contribution in [0.2, 0.25) is 0 Å². The number of hydrogen-bond acceptors (Lipinski definition) is 3. The van der Waals surface area contributed by atoms with E-state index in [2.05, 4.69) is 50.8 Å². The summed E-state index contributed by atoms with van der Waals surface area (Å²) in [6, 6.07) is 14.8. The molecule has 2 aromatic carbocycles. The predicted molar refractivity (Wildman–Crippen MR) is 104 cm³/mol. The molecule has 0 saturated carbocycles. The summed E-state index contributed by atoms with van der Waals surface area (Å²) in [5.41, 5.74) is 4.97. The summed E-state index contributed by atoms with van der Waals surface area (Å²) in [4.78, 5) is 2.30. The summed E-state index contributed by atoms with van der Waals surface area (Å²) < 4.78 is 5.80. The van der Waals surface area contributed by atoms with Crippen molar-refractivity contribution in [1.82, 2.24) is 4.90 Å². The Bertz CT molecular complexity index is 681. The molecule has 0 heterocycles. The van der Waals surface area contributed by atoms with Gasteiger partial charge in [0.2, 0.25) is 0 Å². The largest absolute Gasteiger partial charge is 0.491 e. The highest BCUT2D eigenvalue weighted by atomic mass is 16.5. The number of para-hydroxylation sites is 1. The van der Waals surface area contributed by atoms with Gasteiger partial charge < -0.3 is 9.84 Å². The highest BCUT2D eigenvalue weighted by Crippen LogP contribution is 2.18. The van der Waals surface area contributed by atoms with E-state index in [4.69, 9.17) is 4.74 Å². The third kappa shape index (κ3) is 5.87. The molecule has 2 aromatic rings. The number of aliphatic hydroxyl groups is 1. The molecule has 3 nitrogen and oxygen atoms in total. The Morgan fingerprint density at radius 2 is 1.72 bits per heavy atom. The molecular weight excluding hydrogens is 310 g/mol. The minimum atomic E-state index is -0.521. The van der Waals surface area contributed by atoms with Crippen LogP contribution in [0.3, 0.4) is 0 Å². The van der Waals surface area contributed by atoms with Crippen molar-refractivity contribution >= 4 is 0 Å². The van der Waals surface area contributed by atoms with E-state index < -0.39 is 6.10 Å². The summed E-state index contributed by atoms with van der Waals surface area (Å²) >= 11 is 0. The Morgan fingerprint density at radius 1 is 1.00 bits per heavy atom. The second-order valence-corrected chi connectivity index (χ2v) is 7.18. The first kappa shape index (κ1) is 19.5. The average Bonchev–Trinajstić information content (AvgIpc) is 2.56. The molecule has 0 saturated heterocycles. The quantitative estimate of drug-likeness (QED) is 0.778. The van der Waals surface area contributed by atoms with Gasteiger partial charge in [0.05, 0.1) is 0 Å². The van der Waals surface area contributed by atoms with Crippen LogP contribution in [0, 0.1) is 20.8 Å². The maximum atomic E-state index is 10.5. The lowest BCUT2D eigenvalue weighted by atomic mass is 10.0. The zero-order valence-corrected chi connectivity index (χ0v) is 16.1. The van der Waals surface area contributed by atoms with Crippen LogP contribution in [0.1, 0.15) is 36.1 Å². The number of hydrogen-bond donors (Lipinski definition) is 1. The lowest BCUT2D eigenvalue weighted by Crippen LogP contribution is -2.39. The van der Waals surface area contributed by atoms with Gasteiger partial charge in [-0.25, -0.2) is 0 Å². The Kier molecular flexibility index (Phi) is 7.03. The number of aryl methyl sites for hydroxylation is 3. The molecule has 0 spiro atoms. The van der Waals surface area contributed by atoms with Gasteiger partial charge in [-0.1, -0.05) is 42.0 Å². The molecule has 0 aromatic heterocycles. The fraction of sp³-hybridized carbons (Fsp3) is 0.455. The van der Waals surface area contributed by atoms with Crippen LogP contribution in [0.5, 0.6) is 5.75 Å². The number of aliphatic hydroxyl groups excluding tert-OH is 1. The maximum absolute atomic E-state index is 10.5. The molecule has 136 valence electrons. The van der Waals surface area contributed by atoms with Gasteiger partial charge in [-0.05, 0) is 57.4 Å². The van der Waals surface area contributed by atoms with E-state index >= 15 is 0 Å². The van der Waals surface area contributed by atoms with Gasteiger partial charge in [-0.15, -0.1) is 0 Å². The molecule has 1 atom stereocenters. The normalized spacial score (nSPS) is 12.6. The third-order valence-corrected chi connectivity index (χ3v) is 4.58. The topological polar surface area (TPSA) is 32.7 Å². The first-order valence-corrected chi connectivity index (χ1v) is 9.03. The minimum absolute atomic E-state index is 0.306. The van der Waals surface area contributed by atoms with E-state index in [0.29, 0.717) is 19.2 Å². The van der Waals surface area contributed by atoms with Gasteiger partial charge in [0, 0.05) is 19.1 Å².